The lowest BCUT2D eigenvalue weighted by Gasteiger charge is -1.89. The maximum absolute atomic E-state index is 11.0. The Bertz CT molecular complexity index is 475. The van der Waals surface area contributed by atoms with Gasteiger partial charge in [0.2, 0.25) is 0 Å². The zero-order valence-electron chi connectivity index (χ0n) is 6.65. The van der Waals surface area contributed by atoms with E-state index in [0.29, 0.717) is 4.88 Å². The first kappa shape index (κ1) is 8.67. The van der Waals surface area contributed by atoms with Crippen LogP contribution >= 0.6 is 20.6 Å². The van der Waals surface area contributed by atoms with Gasteiger partial charge in [0.05, 0.1) is 0 Å². The fourth-order valence-electron chi connectivity index (χ4n) is 1.20. The minimum Gasteiger partial charge on any atom is -0.506 e. The second-order valence-electron chi connectivity index (χ2n) is 2.64. The monoisotopic (exact) mass is 210 g/mol. The molecule has 0 saturated carbocycles. The van der Waals surface area contributed by atoms with Crippen LogP contribution in [0, 0.1) is 0 Å². The van der Waals surface area contributed by atoms with Crippen molar-refractivity contribution >= 4 is 36.2 Å². The Morgan fingerprint density at radius 1 is 1.38 bits per heavy atom. The highest BCUT2D eigenvalue weighted by molar-refractivity contribution is 7.44. The van der Waals surface area contributed by atoms with Crippen molar-refractivity contribution in [3.63, 3.8) is 0 Å². The average molecular weight is 210 g/mol. The number of benzene rings is 1. The van der Waals surface area contributed by atoms with Crippen molar-refractivity contribution in [3.8, 4) is 5.75 Å². The summed E-state index contributed by atoms with van der Waals surface area (Å²) in [6.07, 6.45) is 0. The van der Waals surface area contributed by atoms with Crippen molar-refractivity contribution in [3.05, 3.63) is 29.1 Å². The molecule has 1 aromatic carbocycles. The van der Waals surface area contributed by atoms with Gasteiger partial charge in [-0.2, -0.15) is 0 Å². The molecule has 0 aliphatic carbocycles. The topological polar surface area (TPSA) is 37.3 Å². The summed E-state index contributed by atoms with van der Waals surface area (Å²) >= 11 is 1.31. The molecule has 0 amide bonds. The summed E-state index contributed by atoms with van der Waals surface area (Å²) < 4.78 is 0.936. The van der Waals surface area contributed by atoms with Crippen LogP contribution in [0.4, 0.5) is 0 Å². The Balaban J connectivity index is 2.81. The standard InChI is InChI=1S/C9H7O2PS/c10-7-5-3-1-2-4-6(5)13-8(7)9(11)12/h1-4,10H,12H2. The number of fused-ring (bicyclic) bond motifs is 1. The van der Waals surface area contributed by atoms with Crippen molar-refractivity contribution in [1.29, 1.82) is 0 Å². The predicted molar refractivity (Wildman–Crippen MR) is 57.5 cm³/mol. The molecular weight excluding hydrogens is 203 g/mol. The van der Waals surface area contributed by atoms with Crippen LogP contribution in [0.15, 0.2) is 24.3 Å². The normalized spacial score (nSPS) is 10.5. The van der Waals surface area contributed by atoms with Gasteiger partial charge in [-0.3, -0.25) is 4.79 Å². The quantitative estimate of drug-likeness (QED) is 0.734. The van der Waals surface area contributed by atoms with Gasteiger partial charge >= 0.3 is 0 Å². The smallest absolute Gasteiger partial charge is 0.191 e. The molecule has 1 unspecified atom stereocenters. The number of aromatic hydroxyl groups is 1. The number of hydrogen-bond donors (Lipinski definition) is 1. The molecule has 2 nitrogen and oxygen atoms in total. The van der Waals surface area contributed by atoms with Crippen LogP contribution in [0.25, 0.3) is 10.1 Å². The van der Waals surface area contributed by atoms with Crippen molar-refractivity contribution in [2.45, 2.75) is 0 Å². The van der Waals surface area contributed by atoms with E-state index < -0.39 is 0 Å². The Morgan fingerprint density at radius 3 is 2.69 bits per heavy atom. The van der Waals surface area contributed by atoms with Crippen LogP contribution in [0.2, 0.25) is 0 Å². The third-order valence-corrected chi connectivity index (χ3v) is 3.47. The molecule has 0 fully saturated rings. The van der Waals surface area contributed by atoms with Gasteiger partial charge in [-0.25, -0.2) is 0 Å². The number of carbonyl (C=O) groups is 1. The van der Waals surface area contributed by atoms with Crippen LogP contribution in [0.3, 0.4) is 0 Å². The van der Waals surface area contributed by atoms with E-state index in [2.05, 4.69) is 9.24 Å². The second kappa shape index (κ2) is 3.09. The molecule has 0 spiro atoms. The molecule has 1 heterocycles. The Labute approximate surface area is 81.4 Å². The van der Waals surface area contributed by atoms with Crippen LogP contribution in [0.1, 0.15) is 9.67 Å². The van der Waals surface area contributed by atoms with E-state index in [1.54, 1.807) is 6.07 Å². The van der Waals surface area contributed by atoms with Gasteiger partial charge in [0.1, 0.15) is 10.6 Å². The molecule has 0 bridgehead atoms. The van der Waals surface area contributed by atoms with Crippen molar-refractivity contribution in [2.24, 2.45) is 0 Å². The summed E-state index contributed by atoms with van der Waals surface area (Å²) in [5.74, 6) is 0.0978. The van der Waals surface area contributed by atoms with E-state index in [1.807, 2.05) is 18.2 Å². The summed E-state index contributed by atoms with van der Waals surface area (Å²) in [5.41, 5.74) is -0.168. The summed E-state index contributed by atoms with van der Waals surface area (Å²) in [6, 6.07) is 7.41. The van der Waals surface area contributed by atoms with Crippen molar-refractivity contribution < 1.29 is 9.90 Å². The highest BCUT2D eigenvalue weighted by Gasteiger charge is 2.13. The van der Waals surface area contributed by atoms with Gasteiger partial charge in [0, 0.05) is 10.1 Å². The Hall–Kier alpha value is -0.920. The lowest BCUT2D eigenvalue weighted by atomic mass is 10.2. The van der Waals surface area contributed by atoms with E-state index in [9.17, 15) is 9.90 Å². The molecule has 0 aliphatic heterocycles. The van der Waals surface area contributed by atoms with Crippen LogP contribution in [-0.2, 0) is 0 Å². The van der Waals surface area contributed by atoms with Gasteiger partial charge in [-0.1, -0.05) is 21.4 Å². The zero-order chi connectivity index (χ0) is 9.42. The summed E-state index contributed by atoms with van der Waals surface area (Å²) in [7, 11) is 2.07. The zero-order valence-corrected chi connectivity index (χ0v) is 8.62. The largest absolute Gasteiger partial charge is 0.506 e. The maximum atomic E-state index is 11.0. The second-order valence-corrected chi connectivity index (χ2v) is 4.22. The van der Waals surface area contributed by atoms with Crippen molar-refractivity contribution in [2.75, 3.05) is 0 Å². The van der Waals surface area contributed by atoms with Crippen LogP contribution < -0.4 is 0 Å². The minimum atomic E-state index is -0.168. The molecule has 66 valence electrons. The highest BCUT2D eigenvalue weighted by Crippen LogP contribution is 2.37. The van der Waals surface area contributed by atoms with E-state index in [1.165, 1.54) is 11.3 Å². The third kappa shape index (κ3) is 1.34. The van der Waals surface area contributed by atoms with Crippen LogP contribution in [-0.4, -0.2) is 10.6 Å². The third-order valence-electron chi connectivity index (χ3n) is 1.79. The lowest BCUT2D eigenvalue weighted by Crippen LogP contribution is -1.80. The van der Waals surface area contributed by atoms with E-state index in [4.69, 9.17) is 0 Å². The lowest BCUT2D eigenvalue weighted by molar-refractivity contribution is 0.108. The van der Waals surface area contributed by atoms with Crippen LogP contribution in [0.5, 0.6) is 5.75 Å². The molecule has 4 heteroatoms. The molecule has 1 N–H and O–H groups in total. The first-order chi connectivity index (χ1) is 6.20. The molecule has 2 rings (SSSR count). The molecule has 1 atom stereocenters. The SMILES string of the molecule is O=C(P)c1sc2ccccc2c1O. The summed E-state index contributed by atoms with van der Waals surface area (Å²) in [5, 5.41) is 10.4. The van der Waals surface area contributed by atoms with E-state index >= 15 is 0 Å². The maximum Gasteiger partial charge on any atom is 0.191 e. The van der Waals surface area contributed by atoms with Gasteiger partial charge in [0.25, 0.3) is 0 Å². The molecule has 1 aromatic heterocycles. The number of thiophene rings is 1. The number of rotatable bonds is 1. The molecular formula is C9H7O2PS. The average Bonchev–Trinajstić information content (AvgIpc) is 2.45. The minimum absolute atomic E-state index is 0.0978. The molecule has 0 aliphatic rings. The molecule has 2 aromatic rings. The Morgan fingerprint density at radius 2 is 2.08 bits per heavy atom. The van der Waals surface area contributed by atoms with Crippen molar-refractivity contribution in [1.82, 2.24) is 0 Å². The van der Waals surface area contributed by atoms with Gasteiger partial charge in [-0.15, -0.1) is 11.3 Å². The van der Waals surface area contributed by atoms with E-state index in [0.717, 1.165) is 10.1 Å². The molecule has 0 saturated heterocycles. The predicted octanol–water partition coefficient (Wildman–Crippen LogP) is 2.62. The number of carbonyl (C=O) groups excluding carboxylic acids is 1. The number of hydrogen-bond acceptors (Lipinski definition) is 3. The van der Waals surface area contributed by atoms with Gasteiger partial charge in [-0.05, 0) is 12.1 Å². The fourth-order valence-corrected chi connectivity index (χ4v) is 2.46. The molecule has 0 radical (unpaired) electrons. The first-order valence-electron chi connectivity index (χ1n) is 3.70. The Kier molecular flexibility index (Phi) is 2.06. The van der Waals surface area contributed by atoms with Gasteiger partial charge < -0.3 is 5.11 Å². The first-order valence-corrected chi connectivity index (χ1v) is 5.10. The van der Waals surface area contributed by atoms with E-state index in [-0.39, 0.29) is 11.3 Å². The summed E-state index contributed by atoms with van der Waals surface area (Å²) in [6.45, 7) is 0. The molecule has 13 heavy (non-hydrogen) atoms. The summed E-state index contributed by atoms with van der Waals surface area (Å²) in [4.78, 5) is 11.5. The highest BCUT2D eigenvalue weighted by atomic mass is 32.1. The van der Waals surface area contributed by atoms with Gasteiger partial charge in [0.15, 0.2) is 5.52 Å². The fraction of sp³-hybridized carbons (Fsp3) is 0.